The molecule has 1 aliphatic rings. The molecule has 2 heterocycles. The standard InChI is InChI=1S/C16H22N3.BF3.FH/c1-16(2,3)11-14-9-10-15-17-19(12-18(14)15)13-7-5-4-6-8-13;2-1(3)4;/h4-8,12,14H,9-11H2,1-3H3;;1H/q+1;;/p-1/t14-;;/m1../s1. The van der Waals surface area contributed by atoms with Gasteiger partial charge in [-0.3, -0.25) is 12.9 Å². The lowest BCUT2D eigenvalue weighted by atomic mass is 9.87. The van der Waals surface area contributed by atoms with Gasteiger partial charge in [0.2, 0.25) is 6.33 Å². The number of benzene rings is 1. The van der Waals surface area contributed by atoms with Crippen LogP contribution in [0.15, 0.2) is 36.7 Å². The van der Waals surface area contributed by atoms with Crippen LogP contribution >= 0.6 is 0 Å². The molecular weight excluding hydrogens is 321 g/mol. The summed E-state index contributed by atoms with van der Waals surface area (Å²) in [6.45, 7) is 6.94. The number of fused-ring (bicyclic) bond motifs is 1. The van der Waals surface area contributed by atoms with Crippen molar-refractivity contribution in [2.45, 2.75) is 46.1 Å². The highest BCUT2D eigenvalue weighted by Crippen LogP contribution is 2.30. The maximum atomic E-state index is 9.67. The van der Waals surface area contributed by atoms with Gasteiger partial charge >= 0.3 is 7.54 Å². The molecule has 0 aliphatic carbocycles. The molecule has 0 radical (unpaired) electrons. The highest BCUT2D eigenvalue weighted by Gasteiger charge is 2.34. The van der Waals surface area contributed by atoms with Gasteiger partial charge in [0.1, 0.15) is 5.69 Å². The molecule has 1 atom stereocenters. The van der Waals surface area contributed by atoms with Gasteiger partial charge in [-0.15, -0.1) is 0 Å². The van der Waals surface area contributed by atoms with Crippen LogP contribution in [0, 0.1) is 5.41 Å². The topological polar surface area (TPSA) is 21.7 Å². The summed E-state index contributed by atoms with van der Waals surface area (Å²) in [4.78, 5) is 0. The maximum Gasteiger partial charge on any atom is 0.762 e. The molecule has 0 fully saturated rings. The van der Waals surface area contributed by atoms with E-state index in [2.05, 4.69) is 55.9 Å². The Balaban J connectivity index is 0.000000522. The fourth-order valence-electron chi connectivity index (χ4n) is 2.92. The Hall–Kier alpha value is -1.86. The van der Waals surface area contributed by atoms with E-state index < -0.39 is 7.54 Å². The molecule has 1 aromatic carbocycles. The minimum absolute atomic E-state index is 0. The van der Waals surface area contributed by atoms with E-state index in [4.69, 9.17) is 5.10 Å². The zero-order valence-corrected chi connectivity index (χ0v) is 14.1. The van der Waals surface area contributed by atoms with Crippen LogP contribution in [-0.4, -0.2) is 17.3 Å². The average molecular weight is 343 g/mol. The summed E-state index contributed by atoms with van der Waals surface area (Å²) in [5.41, 5.74) is 1.51. The minimum Gasteiger partial charge on any atom is -1.00 e. The smallest absolute Gasteiger partial charge is 0.762 e. The van der Waals surface area contributed by atoms with Gasteiger partial charge in [0.25, 0.3) is 5.82 Å². The number of aromatic nitrogens is 3. The van der Waals surface area contributed by atoms with E-state index in [1.165, 1.54) is 18.7 Å². The molecule has 2 aromatic rings. The van der Waals surface area contributed by atoms with Crippen molar-refractivity contribution in [2.24, 2.45) is 5.41 Å². The Morgan fingerprint density at radius 3 is 2.33 bits per heavy atom. The minimum atomic E-state index is -3.67. The van der Waals surface area contributed by atoms with Gasteiger partial charge in [0, 0.05) is 11.5 Å². The largest absolute Gasteiger partial charge is 1.00 e. The molecule has 0 unspecified atom stereocenters. The lowest BCUT2D eigenvalue weighted by Gasteiger charge is -2.21. The Bertz CT molecular complexity index is 623. The van der Waals surface area contributed by atoms with E-state index in [0.717, 1.165) is 12.1 Å². The number of hydrogen-bond donors (Lipinski definition) is 0. The number of halogens is 4. The van der Waals surface area contributed by atoms with Gasteiger partial charge in [-0.05, 0) is 30.4 Å². The van der Waals surface area contributed by atoms with Crippen LogP contribution in [0.3, 0.4) is 0 Å². The van der Waals surface area contributed by atoms with Crippen molar-refractivity contribution in [1.29, 1.82) is 0 Å². The quantitative estimate of drug-likeness (QED) is 0.452. The highest BCUT2D eigenvalue weighted by molar-refractivity contribution is 6.33. The normalized spacial score (nSPS) is 15.8. The van der Waals surface area contributed by atoms with Gasteiger partial charge in [-0.25, -0.2) is 4.57 Å². The lowest BCUT2D eigenvalue weighted by Crippen LogP contribution is -3.00. The summed E-state index contributed by atoms with van der Waals surface area (Å²) in [5.74, 6) is 1.22. The van der Waals surface area contributed by atoms with Gasteiger partial charge < -0.3 is 4.70 Å². The van der Waals surface area contributed by atoms with Crippen molar-refractivity contribution in [3.63, 3.8) is 0 Å². The van der Waals surface area contributed by atoms with Gasteiger partial charge in [0.15, 0.2) is 0 Å². The first-order valence-electron chi connectivity index (χ1n) is 7.73. The van der Waals surface area contributed by atoms with Crippen LogP contribution in [0.2, 0.25) is 0 Å². The molecule has 132 valence electrons. The van der Waals surface area contributed by atoms with E-state index in [1.54, 1.807) is 0 Å². The molecule has 0 saturated carbocycles. The van der Waals surface area contributed by atoms with Gasteiger partial charge in [0.05, 0.1) is 6.04 Å². The van der Waals surface area contributed by atoms with Crippen LogP contribution in [0.5, 0.6) is 0 Å². The number of hydrogen-bond acceptors (Lipinski definition) is 1. The molecular formula is C16H22BF4N3. The first-order valence-corrected chi connectivity index (χ1v) is 7.73. The third-order valence-corrected chi connectivity index (χ3v) is 3.72. The molecule has 8 heteroatoms. The second kappa shape index (κ2) is 8.30. The molecule has 24 heavy (non-hydrogen) atoms. The van der Waals surface area contributed by atoms with Crippen molar-refractivity contribution in [3.8, 4) is 5.69 Å². The van der Waals surface area contributed by atoms with Crippen LogP contribution < -0.4 is 9.27 Å². The van der Waals surface area contributed by atoms with E-state index in [-0.39, 0.29) is 4.70 Å². The zero-order chi connectivity index (χ0) is 17.0. The molecule has 3 nitrogen and oxygen atoms in total. The Kier molecular flexibility index (Phi) is 6.99. The van der Waals surface area contributed by atoms with Crippen LogP contribution in [-0.2, 0) is 6.42 Å². The molecule has 0 bridgehead atoms. The number of para-hydroxylation sites is 1. The lowest BCUT2D eigenvalue weighted by molar-refractivity contribution is -0.719. The zero-order valence-electron chi connectivity index (χ0n) is 14.1. The molecule has 0 saturated heterocycles. The second-order valence-corrected chi connectivity index (χ2v) is 6.92. The fourth-order valence-corrected chi connectivity index (χ4v) is 2.92. The van der Waals surface area contributed by atoms with Crippen LogP contribution in [0.4, 0.5) is 12.9 Å². The third-order valence-electron chi connectivity index (χ3n) is 3.72. The SMILES string of the molecule is CC(C)(C)C[C@H]1CCc2nn(-c3ccccc3)c[n+]21.FB(F)F.[F-]. The van der Waals surface area contributed by atoms with E-state index in [9.17, 15) is 12.9 Å². The Morgan fingerprint density at radius 2 is 1.79 bits per heavy atom. The number of aryl methyl sites for hydroxylation is 1. The van der Waals surface area contributed by atoms with E-state index >= 15 is 0 Å². The summed E-state index contributed by atoms with van der Waals surface area (Å²) < 4.78 is 33.4. The van der Waals surface area contributed by atoms with Crippen molar-refractivity contribution >= 4 is 7.54 Å². The van der Waals surface area contributed by atoms with Crippen LogP contribution in [0.25, 0.3) is 5.69 Å². The van der Waals surface area contributed by atoms with Crippen molar-refractivity contribution in [1.82, 2.24) is 9.78 Å². The monoisotopic (exact) mass is 343 g/mol. The Morgan fingerprint density at radius 1 is 1.21 bits per heavy atom. The first kappa shape index (κ1) is 20.2. The van der Waals surface area contributed by atoms with Crippen molar-refractivity contribution in [3.05, 3.63) is 42.5 Å². The van der Waals surface area contributed by atoms with Crippen LogP contribution in [0.1, 0.15) is 45.5 Å². The summed E-state index contributed by atoms with van der Waals surface area (Å²) in [5, 5.41) is 4.72. The summed E-state index contributed by atoms with van der Waals surface area (Å²) in [6.07, 6.45) is 5.70. The van der Waals surface area contributed by atoms with Gasteiger partial charge in [-0.2, -0.15) is 0 Å². The summed E-state index contributed by atoms with van der Waals surface area (Å²) in [7, 11) is -3.67. The molecule has 1 aliphatic heterocycles. The molecule has 0 spiro atoms. The Labute approximate surface area is 140 Å². The number of nitrogens with zero attached hydrogens (tertiary/aromatic N) is 3. The second-order valence-electron chi connectivity index (χ2n) is 6.92. The predicted molar refractivity (Wildman–Crippen MR) is 84.3 cm³/mol. The number of rotatable bonds is 2. The molecule has 1 aromatic heterocycles. The van der Waals surface area contributed by atoms with E-state index in [0.29, 0.717) is 11.5 Å². The first-order chi connectivity index (χ1) is 10.8. The molecule has 3 rings (SSSR count). The highest BCUT2D eigenvalue weighted by atomic mass is 19.4. The fraction of sp³-hybridized carbons (Fsp3) is 0.500. The summed E-state index contributed by atoms with van der Waals surface area (Å²) in [6, 6.07) is 10.9. The van der Waals surface area contributed by atoms with E-state index in [1.807, 2.05) is 10.7 Å². The van der Waals surface area contributed by atoms with Gasteiger partial charge in [-0.1, -0.05) is 43.7 Å². The van der Waals surface area contributed by atoms with Crippen molar-refractivity contribution in [2.75, 3.05) is 0 Å². The summed E-state index contributed by atoms with van der Waals surface area (Å²) >= 11 is 0. The molecule has 0 amide bonds. The van der Waals surface area contributed by atoms with Crippen molar-refractivity contribution < 1.29 is 22.2 Å². The molecule has 0 N–H and O–H groups in total. The predicted octanol–water partition coefficient (Wildman–Crippen LogP) is 0.967. The maximum absolute atomic E-state index is 9.67. The average Bonchev–Trinajstić information content (AvgIpc) is 3.00. The third kappa shape index (κ3) is 5.65.